The summed E-state index contributed by atoms with van der Waals surface area (Å²) in [6.45, 7) is 24.4. The summed E-state index contributed by atoms with van der Waals surface area (Å²) in [5.74, 6) is -9.06. The van der Waals surface area contributed by atoms with E-state index in [-0.39, 0.29) is 24.8 Å². The summed E-state index contributed by atoms with van der Waals surface area (Å²) < 4.78 is 55.2. The van der Waals surface area contributed by atoms with Crippen molar-refractivity contribution in [2.75, 3.05) is 7.11 Å². The summed E-state index contributed by atoms with van der Waals surface area (Å²) in [6.07, 6.45) is -6.02. The maximum atomic E-state index is 15.3. The second-order valence-electron chi connectivity index (χ2n) is 20.0. The lowest BCUT2D eigenvalue weighted by Gasteiger charge is -2.51. The molecule has 4 rings (SSSR count). The topological polar surface area (TPSA) is 201 Å². The minimum absolute atomic E-state index is 0.0956. The minimum atomic E-state index is -3.49. The first-order valence-corrected chi connectivity index (χ1v) is 21.3. The van der Waals surface area contributed by atoms with E-state index in [1.807, 2.05) is 37.3 Å². The van der Waals surface area contributed by atoms with Crippen molar-refractivity contribution in [3.8, 4) is 0 Å². The Morgan fingerprint density at radius 2 is 1.44 bits per heavy atom. The first kappa shape index (κ1) is 50.6. The quantitative estimate of drug-likeness (QED) is 0.0826. The predicted octanol–water partition coefficient (Wildman–Crippen LogP) is 6.17. The molecule has 1 aromatic carbocycles. The number of fused-ring (bicyclic) bond motifs is 2. The van der Waals surface area contributed by atoms with Crippen LogP contribution in [-0.2, 0) is 68.2 Å². The second-order valence-corrected chi connectivity index (χ2v) is 20.0. The Morgan fingerprint density at radius 1 is 0.871 bits per heavy atom. The molecule has 1 aromatic rings. The van der Waals surface area contributed by atoms with E-state index in [0.717, 1.165) is 12.0 Å². The number of hydrogen-bond donors (Lipinski definition) is 2. The number of aliphatic hydroxyl groups is 1. The summed E-state index contributed by atoms with van der Waals surface area (Å²) in [6, 6.07) is 9.32. The van der Waals surface area contributed by atoms with Crippen molar-refractivity contribution >= 4 is 30.0 Å². The van der Waals surface area contributed by atoms with Crippen LogP contribution in [0.1, 0.15) is 128 Å². The molecule has 16 nitrogen and oxygen atoms in total. The number of hydrogen-bond acceptors (Lipinski definition) is 15. The van der Waals surface area contributed by atoms with Crippen LogP contribution in [0.25, 0.3) is 0 Å². The van der Waals surface area contributed by atoms with Gasteiger partial charge in [-0.05, 0) is 119 Å². The van der Waals surface area contributed by atoms with Crippen molar-refractivity contribution in [2.45, 2.75) is 199 Å². The molecule has 16 heteroatoms. The molecule has 0 radical (unpaired) electrons. The van der Waals surface area contributed by atoms with Crippen LogP contribution in [0.4, 0.5) is 4.79 Å². The summed E-state index contributed by atoms with van der Waals surface area (Å²) in [4.78, 5) is 71.3. The molecule has 8 atom stereocenters. The maximum Gasteiger partial charge on any atom is 0.407 e. The van der Waals surface area contributed by atoms with Crippen LogP contribution in [0.2, 0.25) is 0 Å². The van der Waals surface area contributed by atoms with Gasteiger partial charge in [0.15, 0.2) is 18.0 Å². The molecule has 0 aromatic heterocycles. The first-order valence-electron chi connectivity index (χ1n) is 21.3. The molecule has 348 valence electrons. The van der Waals surface area contributed by atoms with Gasteiger partial charge in [0.25, 0.3) is 5.60 Å². The number of methoxy groups -OCH3 is 1. The fourth-order valence-electron chi connectivity index (χ4n) is 7.68. The zero-order chi connectivity index (χ0) is 46.9. The molecule has 0 spiro atoms. The van der Waals surface area contributed by atoms with Crippen molar-refractivity contribution in [3.63, 3.8) is 0 Å². The first-order chi connectivity index (χ1) is 28.4. The lowest BCUT2D eigenvalue weighted by atomic mass is 9.74. The van der Waals surface area contributed by atoms with E-state index in [1.165, 1.54) is 69.4 Å². The second kappa shape index (κ2) is 18.6. The van der Waals surface area contributed by atoms with Gasteiger partial charge in [0.1, 0.15) is 22.9 Å². The summed E-state index contributed by atoms with van der Waals surface area (Å²) in [5, 5.41) is 16.1. The number of amides is 1. The van der Waals surface area contributed by atoms with E-state index in [1.54, 1.807) is 20.8 Å². The highest BCUT2D eigenvalue weighted by atomic mass is 16.8. The number of esters is 4. The van der Waals surface area contributed by atoms with Gasteiger partial charge in [-0.3, -0.25) is 4.79 Å². The molecule has 2 bridgehead atoms. The molecular formula is C46H69NO15. The van der Waals surface area contributed by atoms with Crippen molar-refractivity contribution < 1.29 is 71.7 Å². The molecule has 2 saturated heterocycles. The van der Waals surface area contributed by atoms with Crippen LogP contribution in [0.5, 0.6) is 0 Å². The molecule has 62 heavy (non-hydrogen) atoms. The highest BCUT2D eigenvalue weighted by molar-refractivity contribution is 6.00. The van der Waals surface area contributed by atoms with E-state index in [9.17, 15) is 24.3 Å². The van der Waals surface area contributed by atoms with Crippen molar-refractivity contribution in [3.05, 3.63) is 48.0 Å². The zero-order valence-electron chi connectivity index (χ0n) is 39.0. The lowest BCUT2D eigenvalue weighted by molar-refractivity contribution is -0.387. The van der Waals surface area contributed by atoms with Gasteiger partial charge in [-0.25, -0.2) is 19.2 Å². The third-order valence-corrected chi connectivity index (χ3v) is 10.7. The molecule has 3 aliphatic rings. The molecule has 1 amide bonds. The van der Waals surface area contributed by atoms with Crippen LogP contribution in [-0.4, -0.2) is 112 Å². The monoisotopic (exact) mass is 875 g/mol. The molecule has 3 fully saturated rings. The molecule has 2 heterocycles. The van der Waals surface area contributed by atoms with Gasteiger partial charge in [0.2, 0.25) is 17.5 Å². The lowest BCUT2D eigenvalue weighted by Crippen LogP contribution is -2.79. The Morgan fingerprint density at radius 3 is 1.94 bits per heavy atom. The number of benzene rings is 1. The van der Waals surface area contributed by atoms with Crippen LogP contribution >= 0.6 is 0 Å². The average Bonchev–Trinajstić information content (AvgIpc) is 3.33. The van der Waals surface area contributed by atoms with Crippen LogP contribution in [0, 0.1) is 5.92 Å². The van der Waals surface area contributed by atoms with Crippen LogP contribution in [0.3, 0.4) is 0 Å². The molecule has 2 N–H and O–H groups in total. The highest BCUT2D eigenvalue weighted by Gasteiger charge is 2.87. The largest absolute Gasteiger partial charge is 0.458 e. The average molecular weight is 876 g/mol. The summed E-state index contributed by atoms with van der Waals surface area (Å²) >= 11 is 0. The van der Waals surface area contributed by atoms with Crippen molar-refractivity contribution in [2.24, 2.45) is 5.92 Å². The molecule has 2 unspecified atom stereocenters. The molecular weight excluding hydrogens is 806 g/mol. The minimum Gasteiger partial charge on any atom is -0.458 e. The van der Waals surface area contributed by atoms with Crippen LogP contribution in [0.15, 0.2) is 42.5 Å². The van der Waals surface area contributed by atoms with Gasteiger partial charge < -0.3 is 53.1 Å². The van der Waals surface area contributed by atoms with E-state index in [2.05, 4.69) is 11.9 Å². The summed E-state index contributed by atoms with van der Waals surface area (Å²) in [7, 11) is 1.35. The Hall–Kier alpha value is -4.09. The van der Waals surface area contributed by atoms with E-state index >= 15 is 4.79 Å². The fraction of sp³-hybridized carbons (Fsp3) is 0.717. The van der Waals surface area contributed by atoms with Crippen molar-refractivity contribution in [1.82, 2.24) is 5.32 Å². The fourth-order valence-corrected chi connectivity index (χ4v) is 7.68. The number of carbonyl (C=O) groups is 5. The Kier molecular flexibility index (Phi) is 15.1. The number of rotatable bonds is 16. The number of alkyl carbamates (subject to hydrolysis) is 1. The maximum absolute atomic E-state index is 15.3. The molecule has 2 aliphatic heterocycles. The Balaban J connectivity index is 2.03. The predicted molar refractivity (Wildman–Crippen MR) is 224 cm³/mol. The molecule has 1 saturated carbocycles. The third kappa shape index (κ3) is 11.5. The molecule has 1 aliphatic carbocycles. The van der Waals surface area contributed by atoms with E-state index in [0.29, 0.717) is 24.8 Å². The normalized spacial score (nSPS) is 27.5. The number of nitrogens with one attached hydrogen (secondary N) is 1. The SMILES string of the molecule is C=C(CC[C@@]12O[C@H](C(=O)OC(C)(C)C)[C@@](O)(C(=O)OC(C)(C)C)[C@@](C(=O)OC(C)(C)C)(O1)[C@H](OC(=O)NC1CCC1)[C@H]2OC(C)(C)OC)C(OC(C)=O)C(C)Cc1ccccc1. The third-order valence-electron chi connectivity index (χ3n) is 10.7. The Labute approximate surface area is 365 Å². The zero-order valence-corrected chi connectivity index (χ0v) is 39.0. The standard InChI is InChI=1S/C46H69NO15/c1-27(32(55-29(3)48)28(2)26-30-20-17-16-18-21-30)24-25-44-33(57-43(13,14)54-15)34(56-39(52)47-31-22-19-23-31)46(62-44,38(51)61-42(10,11)12)45(53,37(50)60-41(7,8)9)35(58-44)36(49)59-40(4,5)6/h16-18,20-21,28,31-35,53H,1,19,22-26H2,2-15H3,(H,47,52)/t28?,32?,33-,34-,35-,44-,45-,46-/m1/s1. The van der Waals surface area contributed by atoms with E-state index < -0.39 is 94.0 Å². The van der Waals surface area contributed by atoms with Gasteiger partial charge in [0.05, 0.1) is 0 Å². The van der Waals surface area contributed by atoms with Gasteiger partial charge >= 0.3 is 30.0 Å². The van der Waals surface area contributed by atoms with Gasteiger partial charge in [0, 0.05) is 32.4 Å². The van der Waals surface area contributed by atoms with Gasteiger partial charge in [-0.1, -0.05) is 43.8 Å². The Bertz CT molecular complexity index is 1810. The summed E-state index contributed by atoms with van der Waals surface area (Å²) in [5.41, 5.74) is -9.18. The smallest absolute Gasteiger partial charge is 0.407 e. The van der Waals surface area contributed by atoms with Gasteiger partial charge in [-0.2, -0.15) is 0 Å². The van der Waals surface area contributed by atoms with Gasteiger partial charge in [-0.15, -0.1) is 0 Å². The van der Waals surface area contributed by atoms with Crippen LogP contribution < -0.4 is 5.32 Å². The van der Waals surface area contributed by atoms with Crippen molar-refractivity contribution in [1.29, 1.82) is 0 Å². The highest BCUT2D eigenvalue weighted by Crippen LogP contribution is 2.59. The number of carbonyl (C=O) groups excluding carboxylic acids is 5. The number of ether oxygens (including phenoxy) is 9. The van der Waals surface area contributed by atoms with E-state index in [4.69, 9.17) is 42.6 Å².